The molecule has 0 radical (unpaired) electrons. The Morgan fingerprint density at radius 3 is 2.65 bits per heavy atom. The van der Waals surface area contributed by atoms with Gasteiger partial charge in [-0.25, -0.2) is 0 Å². The van der Waals surface area contributed by atoms with Gasteiger partial charge in [0.2, 0.25) is 6.10 Å². The number of benzene rings is 2. The number of hydrogen-bond donors (Lipinski definition) is 0. The van der Waals surface area contributed by atoms with Crippen molar-refractivity contribution in [3.05, 3.63) is 53.1 Å². The van der Waals surface area contributed by atoms with Gasteiger partial charge in [-0.05, 0) is 35.9 Å². The monoisotopic (exact) mass is 340 g/mol. The molecule has 0 fully saturated rings. The van der Waals surface area contributed by atoms with E-state index in [1.54, 1.807) is 36.4 Å². The van der Waals surface area contributed by atoms with E-state index in [0.29, 0.717) is 27.5 Å². The van der Waals surface area contributed by atoms with Gasteiger partial charge in [0.1, 0.15) is 11.5 Å². The summed E-state index contributed by atoms with van der Waals surface area (Å²) in [7, 11) is 1.52. The highest BCUT2D eigenvalue weighted by Crippen LogP contribution is 2.42. The summed E-state index contributed by atoms with van der Waals surface area (Å²) in [5.74, 6) is 0.752. The van der Waals surface area contributed by atoms with Crippen molar-refractivity contribution in [2.75, 3.05) is 7.11 Å². The predicted molar refractivity (Wildman–Crippen MR) is 82.9 cm³/mol. The highest BCUT2D eigenvalue weighted by Gasteiger charge is 2.42. The third-order valence-electron chi connectivity index (χ3n) is 3.48. The van der Waals surface area contributed by atoms with E-state index >= 15 is 0 Å². The first kappa shape index (κ1) is 15.7. The van der Waals surface area contributed by atoms with E-state index in [2.05, 4.69) is 0 Å². The fourth-order valence-corrected chi connectivity index (χ4v) is 2.63. The topological polar surface area (TPSA) is 18.5 Å². The highest BCUT2D eigenvalue weighted by molar-refractivity contribution is 6.31. The quantitative estimate of drug-likeness (QED) is 0.733. The lowest BCUT2D eigenvalue weighted by atomic mass is 9.99. The molecule has 3 rings (SSSR count). The molecule has 0 saturated heterocycles. The summed E-state index contributed by atoms with van der Waals surface area (Å²) in [5.41, 5.74) is 1.67. The molecule has 1 aliphatic heterocycles. The standard InChI is InChI=1S/C17H12ClF3O2/c1-22-13-4-2-3-10(8-13)14-9-12(18)7-11-5-6-15(17(19,20)21)23-16(11)14/h2-9,15H,1H3/t15-/m0/s1. The maximum Gasteiger partial charge on any atom is 0.429 e. The van der Waals surface area contributed by atoms with Gasteiger partial charge >= 0.3 is 6.18 Å². The van der Waals surface area contributed by atoms with E-state index in [9.17, 15) is 13.2 Å². The Kier molecular flexibility index (Phi) is 3.98. The maximum absolute atomic E-state index is 12.9. The van der Waals surface area contributed by atoms with Crippen LogP contribution in [0.15, 0.2) is 42.5 Å². The zero-order valence-electron chi connectivity index (χ0n) is 12.0. The van der Waals surface area contributed by atoms with Crippen LogP contribution in [0.25, 0.3) is 17.2 Å². The maximum atomic E-state index is 12.9. The summed E-state index contributed by atoms with van der Waals surface area (Å²) in [5, 5.41) is 0.417. The summed E-state index contributed by atoms with van der Waals surface area (Å²) in [4.78, 5) is 0. The molecule has 0 unspecified atom stereocenters. The van der Waals surface area contributed by atoms with E-state index in [0.717, 1.165) is 6.08 Å². The lowest BCUT2D eigenvalue weighted by Crippen LogP contribution is -2.34. The SMILES string of the molecule is COc1cccc(-c2cc(Cl)cc3c2O[C@H](C(F)(F)F)C=C3)c1. The molecule has 1 aliphatic rings. The molecule has 1 atom stereocenters. The van der Waals surface area contributed by atoms with Crippen LogP contribution < -0.4 is 9.47 Å². The smallest absolute Gasteiger partial charge is 0.429 e. The van der Waals surface area contributed by atoms with Crippen LogP contribution in [0, 0.1) is 0 Å². The summed E-state index contributed by atoms with van der Waals surface area (Å²) in [6, 6.07) is 10.1. The third kappa shape index (κ3) is 3.15. The van der Waals surface area contributed by atoms with Gasteiger partial charge in [0.15, 0.2) is 0 Å². The molecule has 0 spiro atoms. The summed E-state index contributed by atoms with van der Waals surface area (Å²) < 4.78 is 49.2. The van der Waals surface area contributed by atoms with Gasteiger partial charge < -0.3 is 9.47 Å². The van der Waals surface area contributed by atoms with Crippen molar-refractivity contribution in [2.24, 2.45) is 0 Å². The zero-order valence-corrected chi connectivity index (χ0v) is 12.8. The Morgan fingerprint density at radius 1 is 1.17 bits per heavy atom. The minimum Gasteiger partial charge on any atom is -0.497 e. The van der Waals surface area contributed by atoms with E-state index in [1.807, 2.05) is 0 Å². The second-order valence-electron chi connectivity index (χ2n) is 5.04. The van der Waals surface area contributed by atoms with Crippen LogP contribution in [0.2, 0.25) is 5.02 Å². The molecular weight excluding hydrogens is 329 g/mol. The largest absolute Gasteiger partial charge is 0.497 e. The minimum atomic E-state index is -4.47. The van der Waals surface area contributed by atoms with Gasteiger partial charge in [-0.15, -0.1) is 0 Å². The number of methoxy groups -OCH3 is 1. The molecule has 1 heterocycles. The molecule has 2 aromatic carbocycles. The second-order valence-corrected chi connectivity index (χ2v) is 5.48. The summed E-state index contributed by atoms with van der Waals surface area (Å²) in [6.07, 6.45) is -4.08. The van der Waals surface area contributed by atoms with Gasteiger partial charge in [-0.1, -0.05) is 29.8 Å². The number of ether oxygens (including phenoxy) is 2. The van der Waals surface area contributed by atoms with Gasteiger partial charge in [-0.2, -0.15) is 13.2 Å². The molecule has 0 amide bonds. The lowest BCUT2D eigenvalue weighted by molar-refractivity contribution is -0.180. The van der Waals surface area contributed by atoms with Gasteiger partial charge in [0.05, 0.1) is 7.11 Å². The summed E-state index contributed by atoms with van der Waals surface area (Å²) >= 11 is 6.09. The van der Waals surface area contributed by atoms with Gasteiger partial charge in [0, 0.05) is 16.1 Å². The van der Waals surface area contributed by atoms with Crippen LogP contribution in [0.4, 0.5) is 13.2 Å². The Hall–Kier alpha value is -2.14. The fraction of sp³-hybridized carbons (Fsp3) is 0.176. The molecular formula is C17H12ClF3O2. The fourth-order valence-electron chi connectivity index (χ4n) is 2.41. The average molecular weight is 341 g/mol. The Bertz CT molecular complexity index is 769. The van der Waals surface area contributed by atoms with Crippen LogP contribution in [-0.2, 0) is 0 Å². The molecule has 23 heavy (non-hydrogen) atoms. The Morgan fingerprint density at radius 2 is 1.96 bits per heavy atom. The number of rotatable bonds is 2. The van der Waals surface area contributed by atoms with Crippen LogP contribution in [0.5, 0.6) is 11.5 Å². The molecule has 2 aromatic rings. The van der Waals surface area contributed by atoms with E-state index in [4.69, 9.17) is 21.1 Å². The first-order valence-corrected chi connectivity index (χ1v) is 7.16. The second kappa shape index (κ2) is 5.81. The van der Waals surface area contributed by atoms with Crippen molar-refractivity contribution in [3.8, 4) is 22.6 Å². The third-order valence-corrected chi connectivity index (χ3v) is 3.70. The predicted octanol–water partition coefficient (Wildman–Crippen LogP) is 5.35. The van der Waals surface area contributed by atoms with Crippen molar-refractivity contribution in [1.29, 1.82) is 0 Å². The van der Waals surface area contributed by atoms with Crippen molar-refractivity contribution in [2.45, 2.75) is 12.3 Å². The number of hydrogen-bond acceptors (Lipinski definition) is 2. The van der Waals surface area contributed by atoms with Crippen molar-refractivity contribution in [1.82, 2.24) is 0 Å². The lowest BCUT2D eigenvalue weighted by Gasteiger charge is -2.25. The molecule has 0 aromatic heterocycles. The zero-order chi connectivity index (χ0) is 16.6. The Balaban J connectivity index is 2.12. The van der Waals surface area contributed by atoms with Crippen LogP contribution in [0.3, 0.4) is 0 Å². The molecule has 0 saturated carbocycles. The van der Waals surface area contributed by atoms with E-state index in [1.165, 1.54) is 13.2 Å². The van der Waals surface area contributed by atoms with Crippen molar-refractivity contribution < 1.29 is 22.6 Å². The van der Waals surface area contributed by atoms with Gasteiger partial charge in [-0.3, -0.25) is 0 Å². The molecule has 6 heteroatoms. The Labute approximate surface area is 136 Å². The molecule has 2 nitrogen and oxygen atoms in total. The van der Waals surface area contributed by atoms with Crippen LogP contribution in [-0.4, -0.2) is 19.4 Å². The van der Waals surface area contributed by atoms with Crippen molar-refractivity contribution >= 4 is 17.7 Å². The minimum absolute atomic E-state index is 0.160. The molecule has 0 N–H and O–H groups in total. The van der Waals surface area contributed by atoms with E-state index in [-0.39, 0.29) is 5.75 Å². The molecule has 0 bridgehead atoms. The number of halogens is 4. The van der Waals surface area contributed by atoms with Crippen LogP contribution >= 0.6 is 11.6 Å². The van der Waals surface area contributed by atoms with E-state index < -0.39 is 12.3 Å². The molecule has 120 valence electrons. The molecule has 0 aliphatic carbocycles. The highest BCUT2D eigenvalue weighted by atomic mass is 35.5. The number of fused-ring (bicyclic) bond motifs is 1. The summed E-state index contributed by atoms with van der Waals surface area (Å²) in [6.45, 7) is 0. The van der Waals surface area contributed by atoms with Crippen LogP contribution in [0.1, 0.15) is 5.56 Å². The first-order chi connectivity index (χ1) is 10.9. The first-order valence-electron chi connectivity index (χ1n) is 6.78. The van der Waals surface area contributed by atoms with Gasteiger partial charge in [0.25, 0.3) is 0 Å². The van der Waals surface area contributed by atoms with Crippen molar-refractivity contribution in [3.63, 3.8) is 0 Å². The average Bonchev–Trinajstić information content (AvgIpc) is 2.52. The normalized spacial score (nSPS) is 16.7. The number of alkyl halides is 3.